The fraction of sp³-hybridized carbons (Fsp3) is 0.200. The third kappa shape index (κ3) is 4.78. The normalized spacial score (nSPS) is 11.0. The maximum absolute atomic E-state index is 12.7. The van der Waals surface area contributed by atoms with Gasteiger partial charge in [-0.05, 0) is 55.8 Å². The van der Waals surface area contributed by atoms with Gasteiger partial charge < -0.3 is 19.4 Å². The van der Waals surface area contributed by atoms with Crippen molar-refractivity contribution in [2.24, 2.45) is 0 Å². The molecule has 3 rings (SSSR count). The fourth-order valence-corrected chi connectivity index (χ4v) is 3.48. The van der Waals surface area contributed by atoms with E-state index in [0.29, 0.717) is 11.5 Å². The molecule has 1 amide bonds. The number of amides is 1. The second-order valence-electron chi connectivity index (χ2n) is 7.03. The van der Waals surface area contributed by atoms with E-state index >= 15 is 0 Å². The summed E-state index contributed by atoms with van der Waals surface area (Å²) in [6.45, 7) is 4.20. The first-order valence-electron chi connectivity index (χ1n) is 9.83. The van der Waals surface area contributed by atoms with Crippen LogP contribution in [0.4, 0.5) is 0 Å². The van der Waals surface area contributed by atoms with Crippen molar-refractivity contribution in [2.75, 3.05) is 14.2 Å². The number of para-hydroxylation sites is 1. The van der Waals surface area contributed by atoms with Gasteiger partial charge in [0.1, 0.15) is 23.1 Å². The van der Waals surface area contributed by atoms with Crippen LogP contribution < -0.4 is 14.8 Å². The van der Waals surface area contributed by atoms with E-state index in [9.17, 15) is 10.1 Å². The quantitative estimate of drug-likeness (QED) is 0.460. The lowest BCUT2D eigenvalue weighted by Gasteiger charge is -2.11. The lowest BCUT2D eigenvalue weighted by atomic mass is 10.1. The molecule has 2 aromatic carbocycles. The molecule has 0 spiro atoms. The minimum Gasteiger partial charge on any atom is -0.497 e. The van der Waals surface area contributed by atoms with Gasteiger partial charge in [0, 0.05) is 35.2 Å². The van der Waals surface area contributed by atoms with Crippen molar-refractivity contribution >= 4 is 12.0 Å². The summed E-state index contributed by atoms with van der Waals surface area (Å²) < 4.78 is 12.7. The molecule has 0 radical (unpaired) electrons. The number of nitriles is 1. The third-order valence-corrected chi connectivity index (χ3v) is 5.08. The summed E-state index contributed by atoms with van der Waals surface area (Å²) >= 11 is 0. The lowest BCUT2D eigenvalue weighted by molar-refractivity contribution is -0.117. The number of hydrogen-bond donors (Lipinski definition) is 1. The highest BCUT2D eigenvalue weighted by atomic mass is 16.5. The Bertz CT molecular complexity index is 1150. The molecule has 0 saturated carbocycles. The third-order valence-electron chi connectivity index (χ3n) is 5.08. The van der Waals surface area contributed by atoms with Crippen LogP contribution in [0, 0.1) is 25.2 Å². The van der Waals surface area contributed by atoms with E-state index < -0.39 is 5.91 Å². The number of methoxy groups -OCH3 is 2. The molecule has 0 aliphatic rings. The molecule has 0 saturated heterocycles. The maximum Gasteiger partial charge on any atom is 0.262 e. The van der Waals surface area contributed by atoms with Crippen LogP contribution in [0.5, 0.6) is 11.5 Å². The molecule has 3 aromatic rings. The van der Waals surface area contributed by atoms with Crippen LogP contribution in [0.2, 0.25) is 0 Å². The second kappa shape index (κ2) is 9.68. The van der Waals surface area contributed by atoms with Gasteiger partial charge in [-0.2, -0.15) is 5.26 Å². The average molecular weight is 415 g/mol. The molecule has 0 fully saturated rings. The highest BCUT2D eigenvalue weighted by Gasteiger charge is 2.14. The highest BCUT2D eigenvalue weighted by molar-refractivity contribution is 6.01. The predicted molar refractivity (Wildman–Crippen MR) is 120 cm³/mol. The van der Waals surface area contributed by atoms with Gasteiger partial charge in [0.05, 0.1) is 14.2 Å². The van der Waals surface area contributed by atoms with E-state index in [2.05, 4.69) is 9.88 Å². The highest BCUT2D eigenvalue weighted by Crippen LogP contribution is 2.25. The van der Waals surface area contributed by atoms with Gasteiger partial charge in [0.2, 0.25) is 0 Å². The number of aromatic nitrogens is 1. The van der Waals surface area contributed by atoms with Crippen molar-refractivity contribution in [3.05, 3.63) is 82.7 Å². The Morgan fingerprint density at radius 1 is 1.10 bits per heavy atom. The maximum atomic E-state index is 12.7. The SMILES string of the molecule is COc1ccc(CNC(=O)/C(C#N)=C/c2cc(C)n(-c3ccccc3)c2C)c(OC)c1. The van der Waals surface area contributed by atoms with E-state index in [1.807, 2.05) is 62.4 Å². The average Bonchev–Trinajstić information content (AvgIpc) is 3.08. The summed E-state index contributed by atoms with van der Waals surface area (Å²) in [7, 11) is 3.14. The predicted octanol–water partition coefficient (Wildman–Crippen LogP) is 4.33. The number of nitrogens with one attached hydrogen (secondary N) is 1. The van der Waals surface area contributed by atoms with Gasteiger partial charge in [-0.3, -0.25) is 4.79 Å². The van der Waals surface area contributed by atoms with E-state index in [1.165, 1.54) is 0 Å². The van der Waals surface area contributed by atoms with Crippen LogP contribution >= 0.6 is 0 Å². The minimum absolute atomic E-state index is 0.0424. The first-order chi connectivity index (χ1) is 15.0. The molecular weight excluding hydrogens is 390 g/mol. The summed E-state index contributed by atoms with van der Waals surface area (Å²) in [6, 6.07) is 19.3. The summed E-state index contributed by atoms with van der Waals surface area (Å²) in [5, 5.41) is 12.4. The minimum atomic E-state index is -0.440. The van der Waals surface area contributed by atoms with Crippen molar-refractivity contribution in [3.63, 3.8) is 0 Å². The molecule has 6 nitrogen and oxygen atoms in total. The van der Waals surface area contributed by atoms with E-state index in [4.69, 9.17) is 9.47 Å². The van der Waals surface area contributed by atoms with E-state index in [0.717, 1.165) is 28.2 Å². The summed E-state index contributed by atoms with van der Waals surface area (Å²) in [6.07, 6.45) is 1.63. The van der Waals surface area contributed by atoms with Gasteiger partial charge in [-0.15, -0.1) is 0 Å². The van der Waals surface area contributed by atoms with Crippen LogP contribution in [0.25, 0.3) is 11.8 Å². The summed E-state index contributed by atoms with van der Waals surface area (Å²) in [4.78, 5) is 12.7. The van der Waals surface area contributed by atoms with Gasteiger partial charge >= 0.3 is 0 Å². The van der Waals surface area contributed by atoms with E-state index in [-0.39, 0.29) is 12.1 Å². The monoisotopic (exact) mass is 415 g/mol. The first kappa shape index (κ1) is 21.7. The van der Waals surface area contributed by atoms with Crippen molar-refractivity contribution in [1.29, 1.82) is 5.26 Å². The molecule has 1 N–H and O–H groups in total. The molecule has 158 valence electrons. The van der Waals surface area contributed by atoms with Crippen molar-refractivity contribution in [3.8, 4) is 23.3 Å². The van der Waals surface area contributed by atoms with Crippen LogP contribution in [0.3, 0.4) is 0 Å². The van der Waals surface area contributed by atoms with Crippen LogP contribution in [0.1, 0.15) is 22.5 Å². The number of rotatable bonds is 7. The molecular formula is C25H25N3O3. The van der Waals surface area contributed by atoms with Gasteiger partial charge in [-0.25, -0.2) is 0 Å². The number of hydrogen-bond acceptors (Lipinski definition) is 4. The zero-order valence-electron chi connectivity index (χ0n) is 18.1. The van der Waals surface area contributed by atoms with Crippen molar-refractivity contribution < 1.29 is 14.3 Å². The van der Waals surface area contributed by atoms with Crippen LogP contribution in [-0.2, 0) is 11.3 Å². The largest absolute Gasteiger partial charge is 0.497 e. The molecule has 0 aliphatic carbocycles. The number of ether oxygens (including phenoxy) is 2. The Labute approximate surface area is 182 Å². The van der Waals surface area contributed by atoms with E-state index in [1.54, 1.807) is 32.4 Å². The van der Waals surface area contributed by atoms with Crippen molar-refractivity contribution in [2.45, 2.75) is 20.4 Å². The molecule has 31 heavy (non-hydrogen) atoms. The van der Waals surface area contributed by atoms with Gasteiger partial charge in [0.15, 0.2) is 0 Å². The number of aryl methyl sites for hydroxylation is 1. The topological polar surface area (TPSA) is 76.3 Å². The summed E-state index contributed by atoms with van der Waals surface area (Å²) in [5.74, 6) is 0.830. The Balaban J connectivity index is 1.81. The zero-order chi connectivity index (χ0) is 22.4. The standard InChI is InChI=1S/C25H25N3O3/c1-17-12-20(18(2)28(17)22-8-6-5-7-9-22)13-21(15-26)25(29)27-16-19-10-11-23(30-3)14-24(19)31-4/h5-14H,16H2,1-4H3,(H,27,29)/b21-13+. The molecule has 0 bridgehead atoms. The zero-order valence-corrected chi connectivity index (χ0v) is 18.1. The number of carbonyl (C=O) groups is 1. The Kier molecular flexibility index (Phi) is 6.78. The lowest BCUT2D eigenvalue weighted by Crippen LogP contribution is -2.24. The Hall–Kier alpha value is -3.98. The molecule has 0 unspecified atom stereocenters. The molecule has 0 atom stereocenters. The number of carbonyl (C=O) groups excluding carboxylic acids is 1. The first-order valence-corrected chi connectivity index (χ1v) is 9.83. The smallest absolute Gasteiger partial charge is 0.262 e. The molecule has 6 heteroatoms. The second-order valence-corrected chi connectivity index (χ2v) is 7.03. The van der Waals surface area contributed by atoms with Gasteiger partial charge in [0.25, 0.3) is 5.91 Å². The number of nitrogens with zero attached hydrogens (tertiary/aromatic N) is 2. The molecule has 1 aromatic heterocycles. The van der Waals surface area contributed by atoms with Crippen LogP contribution in [0.15, 0.2) is 60.2 Å². The van der Waals surface area contributed by atoms with Crippen LogP contribution in [-0.4, -0.2) is 24.7 Å². The van der Waals surface area contributed by atoms with Gasteiger partial charge in [-0.1, -0.05) is 18.2 Å². The summed E-state index contributed by atoms with van der Waals surface area (Å²) in [5.41, 5.74) is 4.68. The van der Waals surface area contributed by atoms with Crippen molar-refractivity contribution in [1.82, 2.24) is 9.88 Å². The Morgan fingerprint density at radius 3 is 2.48 bits per heavy atom. The molecule has 1 heterocycles. The molecule has 0 aliphatic heterocycles. The fourth-order valence-electron chi connectivity index (χ4n) is 3.48. The number of benzene rings is 2. The Morgan fingerprint density at radius 2 is 1.84 bits per heavy atom.